The van der Waals surface area contributed by atoms with Crippen molar-refractivity contribution in [2.75, 3.05) is 0 Å². The van der Waals surface area contributed by atoms with Crippen LogP contribution in [0.4, 0.5) is 0 Å². The van der Waals surface area contributed by atoms with Crippen molar-refractivity contribution in [2.24, 2.45) is 0 Å². The van der Waals surface area contributed by atoms with Gasteiger partial charge in [-0.05, 0) is 0 Å². The van der Waals surface area contributed by atoms with E-state index in [-0.39, 0.29) is 0 Å². The number of rotatable bonds is 9. The zero-order chi connectivity index (χ0) is 27.1. The zero-order valence-corrected chi connectivity index (χ0v) is 27.7. The first-order chi connectivity index (χ1) is 19.8. The predicted molar refractivity (Wildman–Crippen MR) is 178 cm³/mol. The van der Waals surface area contributed by atoms with Crippen molar-refractivity contribution in [3.63, 3.8) is 0 Å². The average Bonchev–Trinajstić information content (AvgIpc) is 3.06. The molecule has 0 atom stereocenters. The summed E-state index contributed by atoms with van der Waals surface area (Å²) >= 11 is -6.58. The van der Waals surface area contributed by atoms with Crippen molar-refractivity contribution in [1.82, 2.24) is 0 Å². The molecule has 0 aliphatic carbocycles. The molecule has 0 aromatic heterocycles. The fourth-order valence-electron chi connectivity index (χ4n) is 6.58. The monoisotopic (exact) mass is 684 g/mol. The van der Waals surface area contributed by atoms with Crippen molar-refractivity contribution in [1.29, 1.82) is 0 Å². The summed E-state index contributed by atoms with van der Waals surface area (Å²) in [5.74, 6) is 0. The molecule has 0 heterocycles. The van der Waals surface area contributed by atoms with E-state index in [1.165, 1.54) is 22.9 Å². The minimum absolute atomic E-state index is 1.20. The second kappa shape index (κ2) is 12.5. The molecule has 6 rings (SSSR count). The summed E-state index contributed by atoms with van der Waals surface area (Å²) in [4.78, 5) is 0. The first kappa shape index (κ1) is 26.9. The molecule has 0 unspecified atom stereocenters. The molecule has 0 amide bonds. The minimum atomic E-state index is -3.46. The van der Waals surface area contributed by atoms with Crippen molar-refractivity contribution in [2.45, 2.75) is 9.69 Å². The van der Waals surface area contributed by atoms with E-state index in [4.69, 9.17) is 0 Å². The third-order valence-electron chi connectivity index (χ3n) is 8.47. The van der Waals surface area contributed by atoms with Gasteiger partial charge in [-0.15, -0.1) is 0 Å². The third-order valence-corrected chi connectivity index (χ3v) is 36.0. The number of hydrogen-bond donors (Lipinski definition) is 0. The van der Waals surface area contributed by atoms with Gasteiger partial charge in [0, 0.05) is 0 Å². The Kier molecular flexibility index (Phi) is 8.36. The standard InChI is InChI=1S/C20H19Ge.3C6H5.Sn/c1-2-21(18-12-6-3-7-13-18,19-14-8-4-9-15-19)20-16-10-5-11-17-20;3*1-2-4-6-5-3-1;/h3-17H,1-2H2;3*1-5H;. The molecule has 0 saturated heterocycles. The first-order valence-electron chi connectivity index (χ1n) is 14.2. The number of hydrogen-bond acceptors (Lipinski definition) is 0. The topological polar surface area (TPSA) is 0 Å². The van der Waals surface area contributed by atoms with Crippen LogP contribution < -0.4 is 23.9 Å². The maximum absolute atomic E-state index is 3.46. The number of benzene rings is 6. The van der Waals surface area contributed by atoms with Gasteiger partial charge in [0.2, 0.25) is 0 Å². The van der Waals surface area contributed by atoms with E-state index in [0.29, 0.717) is 0 Å². The molecule has 0 aliphatic rings. The summed E-state index contributed by atoms with van der Waals surface area (Å²) in [5, 5.41) is 1.20. The summed E-state index contributed by atoms with van der Waals surface area (Å²) in [6.45, 7) is 0. The van der Waals surface area contributed by atoms with Crippen LogP contribution in [0.15, 0.2) is 182 Å². The summed E-state index contributed by atoms with van der Waals surface area (Å²) in [5.41, 5.74) is 0. The van der Waals surface area contributed by atoms with E-state index < -0.39 is 31.6 Å². The van der Waals surface area contributed by atoms with E-state index in [9.17, 15) is 0 Å². The van der Waals surface area contributed by atoms with Crippen LogP contribution in [0.2, 0.25) is 9.69 Å². The summed E-state index contributed by atoms with van der Waals surface area (Å²) in [6, 6.07) is 68.8. The van der Waals surface area contributed by atoms with Crippen LogP contribution in [0.5, 0.6) is 0 Å². The normalized spacial score (nSPS) is 11.7. The van der Waals surface area contributed by atoms with E-state index in [1.54, 1.807) is 10.7 Å². The van der Waals surface area contributed by atoms with Gasteiger partial charge in [0.25, 0.3) is 0 Å². The van der Waals surface area contributed by atoms with Crippen LogP contribution in [0.1, 0.15) is 0 Å². The predicted octanol–water partition coefficient (Wildman–Crippen LogP) is 5.33. The molecular formula is C38H34GeSn. The van der Waals surface area contributed by atoms with E-state index in [0.717, 1.165) is 0 Å². The first-order valence-corrected chi connectivity index (χ1v) is 25.1. The second-order valence-corrected chi connectivity index (χ2v) is 30.5. The fraction of sp³-hybridized carbons (Fsp3) is 0.0526. The Morgan fingerprint density at radius 2 is 0.575 bits per heavy atom. The van der Waals surface area contributed by atoms with Gasteiger partial charge in [0.15, 0.2) is 0 Å². The van der Waals surface area contributed by atoms with Crippen LogP contribution in [0.25, 0.3) is 0 Å². The Bertz CT molecular complexity index is 1280. The molecular weight excluding hydrogens is 648 g/mol. The molecule has 6 aromatic carbocycles. The Labute approximate surface area is 245 Å². The van der Waals surface area contributed by atoms with Gasteiger partial charge in [0.05, 0.1) is 0 Å². The maximum atomic E-state index is 2.41. The SMILES string of the molecule is c1cc[c]([Ge]([CH2][CH2][Sn]([c]2ccccc2)([c]2ccccc2)[c]2ccccc2)([c]2ccccc2)[c]2ccccc2)cc1. The third kappa shape index (κ3) is 5.11. The van der Waals surface area contributed by atoms with Crippen LogP contribution in [-0.4, -0.2) is 31.6 Å². The average molecular weight is 682 g/mol. The fourth-order valence-corrected chi connectivity index (χ4v) is 39.8. The molecule has 0 radical (unpaired) electrons. The molecule has 194 valence electrons. The van der Waals surface area contributed by atoms with Crippen LogP contribution in [0, 0.1) is 0 Å². The van der Waals surface area contributed by atoms with Crippen molar-refractivity contribution in [3.8, 4) is 0 Å². The molecule has 0 fully saturated rings. The van der Waals surface area contributed by atoms with E-state index in [1.807, 2.05) is 0 Å². The second-order valence-electron chi connectivity index (χ2n) is 10.5. The molecule has 0 spiro atoms. The molecule has 0 bridgehead atoms. The Balaban J connectivity index is 1.62. The molecule has 0 N–H and O–H groups in total. The summed E-state index contributed by atoms with van der Waals surface area (Å²) in [7, 11) is 0. The van der Waals surface area contributed by atoms with Crippen LogP contribution >= 0.6 is 0 Å². The molecule has 0 nitrogen and oxygen atoms in total. The zero-order valence-electron chi connectivity index (χ0n) is 22.7. The molecule has 2 heteroatoms. The summed E-state index contributed by atoms with van der Waals surface area (Å²) in [6.07, 6.45) is 0. The Hall–Kier alpha value is -3.34. The summed E-state index contributed by atoms with van der Waals surface area (Å²) < 4.78 is 10.5. The molecule has 40 heavy (non-hydrogen) atoms. The van der Waals surface area contributed by atoms with E-state index in [2.05, 4.69) is 182 Å². The van der Waals surface area contributed by atoms with Crippen molar-refractivity contribution >= 4 is 55.6 Å². The van der Waals surface area contributed by atoms with Gasteiger partial charge in [0.1, 0.15) is 0 Å². The van der Waals surface area contributed by atoms with Crippen molar-refractivity contribution in [3.05, 3.63) is 182 Å². The molecule has 0 saturated carbocycles. The van der Waals surface area contributed by atoms with Crippen LogP contribution in [-0.2, 0) is 0 Å². The Morgan fingerprint density at radius 3 is 0.850 bits per heavy atom. The van der Waals surface area contributed by atoms with Gasteiger partial charge < -0.3 is 0 Å². The van der Waals surface area contributed by atoms with Crippen molar-refractivity contribution < 1.29 is 0 Å². The van der Waals surface area contributed by atoms with Gasteiger partial charge in [-0.1, -0.05) is 0 Å². The molecule has 6 aromatic rings. The van der Waals surface area contributed by atoms with Gasteiger partial charge >= 0.3 is 247 Å². The van der Waals surface area contributed by atoms with Gasteiger partial charge in [-0.2, -0.15) is 0 Å². The van der Waals surface area contributed by atoms with E-state index >= 15 is 0 Å². The van der Waals surface area contributed by atoms with Gasteiger partial charge in [-0.3, -0.25) is 0 Å². The Morgan fingerprint density at radius 1 is 0.325 bits per heavy atom. The quantitative estimate of drug-likeness (QED) is 0.181. The van der Waals surface area contributed by atoms with Crippen LogP contribution in [0.3, 0.4) is 0 Å². The molecule has 0 aliphatic heterocycles. The van der Waals surface area contributed by atoms with Gasteiger partial charge in [-0.25, -0.2) is 0 Å².